The van der Waals surface area contributed by atoms with E-state index in [1.54, 1.807) is 34.9 Å². The van der Waals surface area contributed by atoms with Gasteiger partial charge in [-0.1, -0.05) is 29.8 Å². The Morgan fingerprint density at radius 2 is 1.80 bits per heavy atom. The quantitative estimate of drug-likeness (QED) is 0.743. The Balaban J connectivity index is 2.13. The minimum Gasteiger partial charge on any atom is -0.355 e. The summed E-state index contributed by atoms with van der Waals surface area (Å²) in [6, 6.07) is 13.2. The van der Waals surface area contributed by atoms with E-state index in [9.17, 15) is 13.2 Å². The van der Waals surface area contributed by atoms with E-state index in [1.165, 1.54) is 18.3 Å². The first-order valence-electron chi connectivity index (χ1n) is 7.78. The Labute approximate surface area is 151 Å². The molecule has 0 aliphatic rings. The number of fused-ring (bicyclic) bond motifs is 1. The van der Waals surface area contributed by atoms with Crippen LogP contribution in [-0.2, 0) is 21.2 Å². The zero-order valence-corrected chi connectivity index (χ0v) is 15.1. The van der Waals surface area contributed by atoms with Crippen molar-refractivity contribution in [2.45, 2.75) is 23.3 Å². The van der Waals surface area contributed by atoms with Crippen molar-refractivity contribution in [1.29, 1.82) is 0 Å². The molecule has 1 N–H and O–H groups in total. The van der Waals surface area contributed by atoms with Crippen LogP contribution in [0.4, 0.5) is 0 Å². The third-order valence-electron chi connectivity index (χ3n) is 3.85. The van der Waals surface area contributed by atoms with Gasteiger partial charge in [0.15, 0.2) is 0 Å². The second-order valence-corrected chi connectivity index (χ2v) is 7.90. The first-order chi connectivity index (χ1) is 11.9. The minimum atomic E-state index is -3.72. The molecule has 25 heavy (non-hydrogen) atoms. The third-order valence-corrected chi connectivity index (χ3v) is 5.90. The number of sulfone groups is 1. The number of halogens is 1. The number of likely N-dealkylation sites (N-methyl/N-ethyl adjacent to an activating group) is 1. The number of benzene rings is 2. The molecule has 3 rings (SSSR count). The molecule has 5 nitrogen and oxygen atoms in total. The van der Waals surface area contributed by atoms with Crippen LogP contribution in [0.5, 0.6) is 0 Å². The summed E-state index contributed by atoms with van der Waals surface area (Å²) in [5.74, 6) is -0.168. The lowest BCUT2D eigenvalue weighted by Crippen LogP contribution is -2.26. The van der Waals surface area contributed by atoms with E-state index in [4.69, 9.17) is 11.6 Å². The van der Waals surface area contributed by atoms with E-state index >= 15 is 0 Å². The smallest absolute Gasteiger partial charge is 0.239 e. The molecule has 0 unspecified atom stereocenters. The number of nitrogens with one attached hydrogen (secondary N) is 1. The minimum absolute atomic E-state index is 0.0600. The number of hydrogen-bond acceptors (Lipinski definition) is 3. The zero-order valence-electron chi connectivity index (χ0n) is 13.6. The van der Waals surface area contributed by atoms with Crippen molar-refractivity contribution >= 4 is 38.2 Å². The number of carbonyl (C=O) groups excluding carboxylic acids is 1. The highest BCUT2D eigenvalue weighted by Gasteiger charge is 2.23. The van der Waals surface area contributed by atoms with Gasteiger partial charge in [0.25, 0.3) is 0 Å². The predicted molar refractivity (Wildman–Crippen MR) is 97.5 cm³/mol. The van der Waals surface area contributed by atoms with Gasteiger partial charge in [-0.2, -0.15) is 0 Å². The summed E-state index contributed by atoms with van der Waals surface area (Å²) in [7, 11) is -3.72. The van der Waals surface area contributed by atoms with Crippen LogP contribution >= 0.6 is 11.6 Å². The van der Waals surface area contributed by atoms with Crippen LogP contribution in [0.1, 0.15) is 6.92 Å². The van der Waals surface area contributed by atoms with E-state index in [0.29, 0.717) is 22.5 Å². The van der Waals surface area contributed by atoms with Crippen molar-refractivity contribution in [3.63, 3.8) is 0 Å². The molecule has 0 fully saturated rings. The van der Waals surface area contributed by atoms with E-state index < -0.39 is 9.84 Å². The Morgan fingerprint density at radius 3 is 2.48 bits per heavy atom. The van der Waals surface area contributed by atoms with Crippen molar-refractivity contribution in [3.05, 3.63) is 59.8 Å². The van der Waals surface area contributed by atoms with Gasteiger partial charge < -0.3 is 9.88 Å². The Kier molecular flexibility index (Phi) is 4.83. The van der Waals surface area contributed by atoms with Gasteiger partial charge in [0.05, 0.1) is 9.79 Å². The molecule has 0 saturated carbocycles. The summed E-state index contributed by atoms with van der Waals surface area (Å²) in [5, 5.41) is 3.78. The molecule has 0 bridgehead atoms. The van der Waals surface area contributed by atoms with Crippen LogP contribution in [0.2, 0.25) is 5.02 Å². The molecule has 7 heteroatoms. The molecule has 1 aromatic heterocycles. The van der Waals surface area contributed by atoms with Crippen molar-refractivity contribution in [2.75, 3.05) is 6.54 Å². The van der Waals surface area contributed by atoms with Crippen molar-refractivity contribution in [3.8, 4) is 0 Å². The molecular formula is C18H17ClN2O3S. The highest BCUT2D eigenvalue weighted by Crippen LogP contribution is 2.30. The molecule has 0 aliphatic carbocycles. The van der Waals surface area contributed by atoms with E-state index in [-0.39, 0.29) is 22.2 Å². The van der Waals surface area contributed by atoms with Crippen LogP contribution in [0.25, 0.3) is 10.9 Å². The highest BCUT2D eigenvalue weighted by atomic mass is 35.5. The maximum absolute atomic E-state index is 13.0. The number of rotatable bonds is 5. The topological polar surface area (TPSA) is 68.2 Å². The largest absolute Gasteiger partial charge is 0.355 e. The highest BCUT2D eigenvalue weighted by molar-refractivity contribution is 7.91. The molecule has 0 saturated heterocycles. The summed E-state index contributed by atoms with van der Waals surface area (Å²) in [6.45, 7) is 2.42. The summed E-state index contributed by atoms with van der Waals surface area (Å²) >= 11 is 5.85. The van der Waals surface area contributed by atoms with E-state index in [1.807, 2.05) is 13.0 Å². The fraction of sp³-hybridized carbons (Fsp3) is 0.167. The SMILES string of the molecule is CCNC(=O)Cn1cc(S(=O)(=O)c2ccc(Cl)cc2)c2ccccc21. The Bertz CT molecular complexity index is 1020. The molecule has 2 aromatic carbocycles. The second kappa shape index (κ2) is 6.90. The van der Waals surface area contributed by atoms with Crippen LogP contribution in [0.3, 0.4) is 0 Å². The number of aromatic nitrogens is 1. The maximum atomic E-state index is 13.0. The van der Waals surface area contributed by atoms with Crippen LogP contribution in [0.15, 0.2) is 64.5 Å². The second-order valence-electron chi connectivity index (χ2n) is 5.55. The van der Waals surface area contributed by atoms with Gasteiger partial charge in [-0.05, 0) is 37.3 Å². The van der Waals surface area contributed by atoms with Gasteiger partial charge >= 0.3 is 0 Å². The summed E-state index contributed by atoms with van der Waals surface area (Å²) < 4.78 is 27.7. The molecule has 0 atom stereocenters. The molecule has 130 valence electrons. The van der Waals surface area contributed by atoms with Gasteiger partial charge in [0.2, 0.25) is 15.7 Å². The van der Waals surface area contributed by atoms with Crippen LogP contribution < -0.4 is 5.32 Å². The van der Waals surface area contributed by atoms with Crippen molar-refractivity contribution in [2.24, 2.45) is 0 Å². The Morgan fingerprint density at radius 1 is 1.12 bits per heavy atom. The molecule has 3 aromatic rings. The molecule has 1 heterocycles. The molecule has 0 radical (unpaired) electrons. The van der Waals surface area contributed by atoms with Crippen LogP contribution in [-0.4, -0.2) is 25.4 Å². The van der Waals surface area contributed by atoms with Crippen molar-refractivity contribution in [1.82, 2.24) is 9.88 Å². The van der Waals surface area contributed by atoms with E-state index in [2.05, 4.69) is 5.32 Å². The summed E-state index contributed by atoms with van der Waals surface area (Å²) in [4.78, 5) is 12.3. The van der Waals surface area contributed by atoms with Crippen LogP contribution in [0, 0.1) is 0 Å². The monoisotopic (exact) mass is 376 g/mol. The zero-order chi connectivity index (χ0) is 18.0. The van der Waals surface area contributed by atoms with Gasteiger partial charge in [-0.15, -0.1) is 0 Å². The lowest BCUT2D eigenvalue weighted by molar-refractivity contribution is -0.121. The van der Waals surface area contributed by atoms with Crippen molar-refractivity contribution < 1.29 is 13.2 Å². The lowest BCUT2D eigenvalue weighted by Gasteiger charge is -2.05. The number of carbonyl (C=O) groups is 1. The fourth-order valence-corrected chi connectivity index (χ4v) is 4.31. The summed E-state index contributed by atoms with van der Waals surface area (Å²) in [6.07, 6.45) is 1.52. The average molecular weight is 377 g/mol. The average Bonchev–Trinajstić information content (AvgIpc) is 2.95. The molecular weight excluding hydrogens is 360 g/mol. The fourth-order valence-electron chi connectivity index (χ4n) is 2.71. The van der Waals surface area contributed by atoms with Gasteiger partial charge in [0, 0.05) is 28.7 Å². The molecule has 1 amide bonds. The first-order valence-corrected chi connectivity index (χ1v) is 9.65. The van der Waals surface area contributed by atoms with Gasteiger partial charge in [0.1, 0.15) is 6.54 Å². The van der Waals surface area contributed by atoms with E-state index in [0.717, 1.165) is 0 Å². The number of amides is 1. The molecule has 0 spiro atoms. The van der Waals surface area contributed by atoms with Gasteiger partial charge in [-0.3, -0.25) is 4.79 Å². The summed E-state index contributed by atoms with van der Waals surface area (Å²) in [5.41, 5.74) is 0.696. The molecule has 0 aliphatic heterocycles. The number of hydrogen-bond donors (Lipinski definition) is 1. The standard InChI is InChI=1S/C18H17ClN2O3S/c1-2-20-18(22)12-21-11-17(15-5-3-4-6-16(15)21)25(23,24)14-9-7-13(19)8-10-14/h3-11H,2,12H2,1H3,(H,20,22). The van der Waals surface area contributed by atoms with Gasteiger partial charge in [-0.25, -0.2) is 8.42 Å². The Hall–Kier alpha value is -2.31. The predicted octanol–water partition coefficient (Wildman–Crippen LogP) is 3.26. The normalized spacial score (nSPS) is 11.6. The number of nitrogens with zero attached hydrogens (tertiary/aromatic N) is 1. The maximum Gasteiger partial charge on any atom is 0.239 e. The lowest BCUT2D eigenvalue weighted by atomic mass is 10.2. The number of para-hydroxylation sites is 1. The third kappa shape index (κ3) is 3.41. The first kappa shape index (κ1) is 17.5.